The third kappa shape index (κ3) is 5.06. The number of benzene rings is 2. The van der Waals surface area contributed by atoms with Crippen LogP contribution in [-0.4, -0.2) is 16.1 Å². The van der Waals surface area contributed by atoms with E-state index in [2.05, 4.69) is 23.2 Å². The number of carbonyl (C=O) groups is 1. The molecule has 0 saturated heterocycles. The third-order valence-electron chi connectivity index (χ3n) is 4.39. The van der Waals surface area contributed by atoms with Gasteiger partial charge in [0.2, 0.25) is 0 Å². The quantitative estimate of drug-likeness (QED) is 0.552. The predicted molar refractivity (Wildman–Crippen MR) is 102 cm³/mol. The lowest BCUT2D eigenvalue weighted by Crippen LogP contribution is -1.98. The average Bonchev–Trinajstić information content (AvgIpc) is 2.66. The molecule has 2 aromatic carbocycles. The molecule has 0 atom stereocenters. The topological polar surface area (TPSA) is 59.4 Å². The van der Waals surface area contributed by atoms with Gasteiger partial charge in [-0.2, -0.15) is 0 Å². The Labute approximate surface area is 153 Å². The molecule has 0 aliphatic carbocycles. The van der Waals surface area contributed by atoms with Gasteiger partial charge in [-0.3, -0.25) is 9.78 Å². The molecule has 0 saturated carbocycles. The lowest BCUT2D eigenvalue weighted by Gasteiger charge is -2.10. The minimum atomic E-state index is -0.718. The van der Waals surface area contributed by atoms with Gasteiger partial charge in [-0.1, -0.05) is 36.8 Å². The van der Waals surface area contributed by atoms with Crippen LogP contribution in [-0.2, 0) is 17.8 Å². The van der Waals surface area contributed by atoms with E-state index in [0.717, 1.165) is 47.9 Å². The van der Waals surface area contributed by atoms with Crippen molar-refractivity contribution >= 4 is 16.9 Å². The maximum Gasteiger partial charge on any atom is 0.303 e. The molecule has 0 bridgehead atoms. The van der Waals surface area contributed by atoms with E-state index >= 15 is 0 Å². The van der Waals surface area contributed by atoms with Crippen molar-refractivity contribution in [2.45, 2.75) is 38.7 Å². The summed E-state index contributed by atoms with van der Waals surface area (Å²) in [7, 11) is 0. The van der Waals surface area contributed by atoms with Crippen molar-refractivity contribution in [3.05, 3.63) is 71.9 Å². The standard InChI is InChI=1S/C22H23NO3/c24-22(25)12-3-1-2-7-17-8-6-9-19(15-17)26-16-18-13-14-23-21-11-5-4-10-20(18)21/h4-6,8-11,13-15H,1-3,7,12,16H2,(H,24,25). The average molecular weight is 349 g/mol. The Morgan fingerprint density at radius 2 is 1.88 bits per heavy atom. The van der Waals surface area contributed by atoms with Crippen molar-refractivity contribution in [2.24, 2.45) is 0 Å². The van der Waals surface area contributed by atoms with Gasteiger partial charge in [-0.15, -0.1) is 0 Å². The van der Waals surface area contributed by atoms with Crippen LogP contribution in [0.2, 0.25) is 0 Å². The SMILES string of the molecule is O=C(O)CCCCCc1cccc(OCc2ccnc3ccccc23)c1. The molecular formula is C22H23NO3. The van der Waals surface area contributed by atoms with Crippen molar-refractivity contribution in [3.8, 4) is 5.75 Å². The number of hydrogen-bond donors (Lipinski definition) is 1. The molecule has 1 N–H and O–H groups in total. The van der Waals surface area contributed by atoms with Gasteiger partial charge >= 0.3 is 5.97 Å². The van der Waals surface area contributed by atoms with Crippen molar-refractivity contribution in [1.29, 1.82) is 0 Å². The van der Waals surface area contributed by atoms with Crippen molar-refractivity contribution in [1.82, 2.24) is 4.98 Å². The number of ether oxygens (including phenoxy) is 1. The second-order valence-corrected chi connectivity index (χ2v) is 6.38. The number of nitrogens with zero attached hydrogens (tertiary/aromatic N) is 1. The van der Waals surface area contributed by atoms with Crippen LogP contribution in [0.5, 0.6) is 5.75 Å². The van der Waals surface area contributed by atoms with E-state index in [1.165, 1.54) is 5.56 Å². The zero-order valence-electron chi connectivity index (χ0n) is 14.7. The number of carboxylic acid groups (broad SMARTS) is 1. The molecule has 1 aromatic heterocycles. The van der Waals surface area contributed by atoms with Crippen LogP contribution in [0.3, 0.4) is 0 Å². The first-order valence-electron chi connectivity index (χ1n) is 8.98. The molecule has 26 heavy (non-hydrogen) atoms. The fraction of sp³-hybridized carbons (Fsp3) is 0.273. The lowest BCUT2D eigenvalue weighted by molar-refractivity contribution is -0.137. The number of para-hydroxylation sites is 1. The van der Waals surface area contributed by atoms with Crippen LogP contribution < -0.4 is 4.74 Å². The van der Waals surface area contributed by atoms with E-state index in [4.69, 9.17) is 9.84 Å². The molecule has 0 fully saturated rings. The van der Waals surface area contributed by atoms with E-state index in [0.29, 0.717) is 6.61 Å². The number of fused-ring (bicyclic) bond motifs is 1. The largest absolute Gasteiger partial charge is 0.489 e. The summed E-state index contributed by atoms with van der Waals surface area (Å²) in [6.07, 6.45) is 5.67. The van der Waals surface area contributed by atoms with Crippen LogP contribution in [0, 0.1) is 0 Å². The summed E-state index contributed by atoms with van der Waals surface area (Å²) in [5, 5.41) is 9.78. The second-order valence-electron chi connectivity index (χ2n) is 6.38. The first-order chi connectivity index (χ1) is 12.7. The molecule has 1 heterocycles. The highest BCUT2D eigenvalue weighted by atomic mass is 16.5. The summed E-state index contributed by atoms with van der Waals surface area (Å²) < 4.78 is 5.99. The normalized spacial score (nSPS) is 10.8. The smallest absolute Gasteiger partial charge is 0.303 e. The number of aryl methyl sites for hydroxylation is 1. The Balaban J connectivity index is 1.56. The van der Waals surface area contributed by atoms with Crippen LogP contribution in [0.15, 0.2) is 60.8 Å². The lowest BCUT2D eigenvalue weighted by atomic mass is 10.1. The molecule has 3 rings (SSSR count). The van der Waals surface area contributed by atoms with E-state index < -0.39 is 5.97 Å². The molecule has 0 spiro atoms. The Morgan fingerprint density at radius 1 is 1.00 bits per heavy atom. The van der Waals surface area contributed by atoms with Gasteiger partial charge in [0, 0.05) is 23.6 Å². The van der Waals surface area contributed by atoms with Gasteiger partial charge in [0.05, 0.1) is 5.52 Å². The van der Waals surface area contributed by atoms with Crippen LogP contribution in [0.1, 0.15) is 36.8 Å². The van der Waals surface area contributed by atoms with E-state index in [9.17, 15) is 4.79 Å². The number of unbranched alkanes of at least 4 members (excludes halogenated alkanes) is 2. The van der Waals surface area contributed by atoms with Gasteiger partial charge in [0.25, 0.3) is 0 Å². The highest BCUT2D eigenvalue weighted by Crippen LogP contribution is 2.20. The van der Waals surface area contributed by atoms with Crippen molar-refractivity contribution < 1.29 is 14.6 Å². The first kappa shape index (κ1) is 17.9. The highest BCUT2D eigenvalue weighted by molar-refractivity contribution is 5.81. The van der Waals surface area contributed by atoms with Crippen LogP contribution in [0.25, 0.3) is 10.9 Å². The molecule has 0 aliphatic rings. The van der Waals surface area contributed by atoms with Gasteiger partial charge in [0.1, 0.15) is 12.4 Å². The molecular weight excluding hydrogens is 326 g/mol. The summed E-state index contributed by atoms with van der Waals surface area (Å²) in [5.74, 6) is 0.137. The van der Waals surface area contributed by atoms with Gasteiger partial charge in [-0.05, 0) is 49.1 Å². The predicted octanol–water partition coefficient (Wildman–Crippen LogP) is 5.00. The summed E-state index contributed by atoms with van der Waals surface area (Å²) >= 11 is 0. The van der Waals surface area contributed by atoms with Crippen molar-refractivity contribution in [3.63, 3.8) is 0 Å². The molecule has 0 radical (unpaired) electrons. The maximum absolute atomic E-state index is 10.5. The highest BCUT2D eigenvalue weighted by Gasteiger charge is 2.04. The monoisotopic (exact) mass is 349 g/mol. The number of aliphatic carboxylic acids is 1. The zero-order chi connectivity index (χ0) is 18.2. The molecule has 4 heteroatoms. The third-order valence-corrected chi connectivity index (χ3v) is 4.39. The summed E-state index contributed by atoms with van der Waals surface area (Å²) in [6.45, 7) is 0.505. The summed E-state index contributed by atoms with van der Waals surface area (Å²) in [6, 6.07) is 18.2. The van der Waals surface area contributed by atoms with Crippen LogP contribution in [0.4, 0.5) is 0 Å². The van der Waals surface area contributed by atoms with Gasteiger partial charge in [-0.25, -0.2) is 0 Å². The Kier molecular flexibility index (Phi) is 6.20. The van der Waals surface area contributed by atoms with Crippen LogP contribution >= 0.6 is 0 Å². The van der Waals surface area contributed by atoms with Gasteiger partial charge in [0.15, 0.2) is 0 Å². The second kappa shape index (κ2) is 8.99. The fourth-order valence-corrected chi connectivity index (χ4v) is 3.01. The minimum absolute atomic E-state index is 0.253. The number of hydrogen-bond acceptors (Lipinski definition) is 3. The molecule has 134 valence electrons. The summed E-state index contributed by atoms with van der Waals surface area (Å²) in [5.41, 5.74) is 3.32. The Hall–Kier alpha value is -2.88. The van der Waals surface area contributed by atoms with Gasteiger partial charge < -0.3 is 9.84 Å². The molecule has 0 aliphatic heterocycles. The number of pyridine rings is 1. The van der Waals surface area contributed by atoms with E-state index in [1.54, 1.807) is 0 Å². The number of rotatable bonds is 9. The van der Waals surface area contributed by atoms with E-state index in [1.807, 2.05) is 42.6 Å². The Bertz CT molecular complexity index is 871. The minimum Gasteiger partial charge on any atom is -0.489 e. The first-order valence-corrected chi connectivity index (χ1v) is 8.98. The van der Waals surface area contributed by atoms with Crippen molar-refractivity contribution in [2.75, 3.05) is 0 Å². The molecule has 4 nitrogen and oxygen atoms in total. The molecule has 3 aromatic rings. The molecule has 0 unspecified atom stereocenters. The maximum atomic E-state index is 10.5. The zero-order valence-corrected chi connectivity index (χ0v) is 14.7. The van der Waals surface area contributed by atoms with E-state index in [-0.39, 0.29) is 6.42 Å². The molecule has 0 amide bonds. The summed E-state index contributed by atoms with van der Waals surface area (Å²) in [4.78, 5) is 14.9. The fourth-order valence-electron chi connectivity index (χ4n) is 3.01. The Morgan fingerprint density at radius 3 is 2.77 bits per heavy atom. The number of carboxylic acids is 1. The number of aromatic nitrogens is 1.